The van der Waals surface area contributed by atoms with Gasteiger partial charge in [0.05, 0.1) is 0 Å². The van der Waals surface area contributed by atoms with Crippen molar-refractivity contribution >= 4 is 11.6 Å². The molecule has 2 nitrogen and oxygen atoms in total. The lowest BCUT2D eigenvalue weighted by Gasteiger charge is -2.38. The van der Waals surface area contributed by atoms with Gasteiger partial charge in [-0.1, -0.05) is 51.4 Å². The van der Waals surface area contributed by atoms with E-state index in [0.29, 0.717) is 18.5 Å². The van der Waals surface area contributed by atoms with Gasteiger partial charge in [0.1, 0.15) is 0 Å². The van der Waals surface area contributed by atoms with Gasteiger partial charge in [0.15, 0.2) is 0 Å². The van der Waals surface area contributed by atoms with E-state index in [1.807, 2.05) is 12.1 Å². The van der Waals surface area contributed by atoms with Gasteiger partial charge in [0.25, 0.3) is 0 Å². The summed E-state index contributed by atoms with van der Waals surface area (Å²) in [7, 11) is 0. The number of rotatable bonds is 8. The van der Waals surface area contributed by atoms with Crippen LogP contribution in [0.2, 0.25) is 5.02 Å². The predicted octanol–water partition coefficient (Wildman–Crippen LogP) is 4.49. The Morgan fingerprint density at radius 1 is 1.20 bits per heavy atom. The van der Waals surface area contributed by atoms with E-state index in [4.69, 9.17) is 17.3 Å². The molecule has 0 radical (unpaired) electrons. The third-order valence-corrected chi connectivity index (χ3v) is 4.08. The quantitative estimate of drug-likeness (QED) is 0.766. The summed E-state index contributed by atoms with van der Waals surface area (Å²) in [5.41, 5.74) is 7.32. The van der Waals surface area contributed by atoms with Gasteiger partial charge in [-0.3, -0.25) is 4.90 Å². The number of nitrogens with two attached hydrogens (primary N) is 1. The van der Waals surface area contributed by atoms with E-state index < -0.39 is 0 Å². The van der Waals surface area contributed by atoms with Crippen LogP contribution in [-0.4, -0.2) is 24.0 Å². The maximum absolute atomic E-state index is 6.14. The van der Waals surface area contributed by atoms with Crippen molar-refractivity contribution in [3.05, 3.63) is 34.9 Å². The first-order chi connectivity index (χ1) is 9.53. The standard InChI is InChI=1S/C17H29ClN2/c1-5-16(6-2)20(12-13(3)4)17(11-19)14-8-7-9-15(18)10-14/h7-10,13,16-17H,5-6,11-12,19H2,1-4H3. The van der Waals surface area contributed by atoms with Crippen LogP contribution in [-0.2, 0) is 0 Å². The molecule has 0 saturated heterocycles. The summed E-state index contributed by atoms with van der Waals surface area (Å²) in [5, 5.41) is 0.787. The topological polar surface area (TPSA) is 29.3 Å². The Balaban J connectivity index is 3.06. The number of hydrogen-bond donors (Lipinski definition) is 1. The van der Waals surface area contributed by atoms with Gasteiger partial charge in [-0.05, 0) is 36.5 Å². The number of hydrogen-bond acceptors (Lipinski definition) is 2. The minimum absolute atomic E-state index is 0.251. The summed E-state index contributed by atoms with van der Waals surface area (Å²) in [6.07, 6.45) is 2.31. The first-order valence-electron chi connectivity index (χ1n) is 7.74. The summed E-state index contributed by atoms with van der Waals surface area (Å²) < 4.78 is 0. The first-order valence-corrected chi connectivity index (χ1v) is 8.12. The highest BCUT2D eigenvalue weighted by Crippen LogP contribution is 2.27. The SMILES string of the molecule is CCC(CC)N(CC(C)C)C(CN)c1cccc(Cl)c1. The second kappa shape index (κ2) is 8.66. The number of nitrogens with zero attached hydrogens (tertiary/aromatic N) is 1. The van der Waals surface area contributed by atoms with Crippen LogP contribution in [0.25, 0.3) is 0 Å². The van der Waals surface area contributed by atoms with E-state index >= 15 is 0 Å². The summed E-state index contributed by atoms with van der Waals surface area (Å²) in [6.45, 7) is 10.7. The molecule has 1 unspecified atom stereocenters. The molecule has 0 aliphatic heterocycles. The molecule has 0 aliphatic carbocycles. The minimum atomic E-state index is 0.251. The van der Waals surface area contributed by atoms with Gasteiger partial charge in [-0.15, -0.1) is 0 Å². The largest absolute Gasteiger partial charge is 0.329 e. The zero-order chi connectivity index (χ0) is 15.1. The molecule has 0 amide bonds. The van der Waals surface area contributed by atoms with Crippen molar-refractivity contribution in [2.45, 2.75) is 52.6 Å². The Kier molecular flexibility index (Phi) is 7.57. The zero-order valence-electron chi connectivity index (χ0n) is 13.3. The van der Waals surface area contributed by atoms with E-state index in [2.05, 4.69) is 44.7 Å². The van der Waals surface area contributed by atoms with Crippen molar-refractivity contribution < 1.29 is 0 Å². The van der Waals surface area contributed by atoms with Crippen LogP contribution in [0.1, 0.15) is 52.1 Å². The molecule has 0 aliphatic rings. The number of benzene rings is 1. The lowest BCUT2D eigenvalue weighted by molar-refractivity contribution is 0.112. The Bertz CT molecular complexity index is 388. The van der Waals surface area contributed by atoms with Crippen molar-refractivity contribution in [3.8, 4) is 0 Å². The van der Waals surface area contributed by atoms with Gasteiger partial charge in [-0.25, -0.2) is 0 Å². The Morgan fingerprint density at radius 2 is 1.85 bits per heavy atom. The maximum Gasteiger partial charge on any atom is 0.0474 e. The van der Waals surface area contributed by atoms with Crippen LogP contribution in [0.4, 0.5) is 0 Å². The van der Waals surface area contributed by atoms with Gasteiger partial charge < -0.3 is 5.73 Å². The summed E-state index contributed by atoms with van der Waals surface area (Å²) in [4.78, 5) is 2.57. The molecule has 3 heteroatoms. The molecule has 0 heterocycles. The smallest absolute Gasteiger partial charge is 0.0474 e. The third-order valence-electron chi connectivity index (χ3n) is 3.84. The molecule has 1 aromatic carbocycles. The van der Waals surface area contributed by atoms with Crippen LogP contribution < -0.4 is 5.73 Å². The lowest BCUT2D eigenvalue weighted by atomic mass is 9.99. The lowest BCUT2D eigenvalue weighted by Crippen LogP contribution is -2.43. The number of halogens is 1. The Labute approximate surface area is 129 Å². The van der Waals surface area contributed by atoms with E-state index in [0.717, 1.165) is 24.4 Å². The fraction of sp³-hybridized carbons (Fsp3) is 0.647. The predicted molar refractivity (Wildman–Crippen MR) is 89.2 cm³/mol. The van der Waals surface area contributed by atoms with E-state index in [9.17, 15) is 0 Å². The summed E-state index contributed by atoms with van der Waals surface area (Å²) in [5.74, 6) is 0.629. The molecular formula is C17H29ClN2. The van der Waals surface area contributed by atoms with Gasteiger partial charge >= 0.3 is 0 Å². The van der Waals surface area contributed by atoms with Crippen molar-refractivity contribution in [3.63, 3.8) is 0 Å². The normalized spacial score (nSPS) is 13.4. The molecule has 0 saturated carbocycles. The van der Waals surface area contributed by atoms with Gasteiger partial charge in [0, 0.05) is 30.2 Å². The molecule has 1 rings (SSSR count). The average molecular weight is 297 g/mol. The highest BCUT2D eigenvalue weighted by Gasteiger charge is 2.25. The molecule has 0 fully saturated rings. The molecule has 114 valence electrons. The zero-order valence-corrected chi connectivity index (χ0v) is 14.0. The van der Waals surface area contributed by atoms with E-state index in [1.165, 1.54) is 5.56 Å². The fourth-order valence-electron chi connectivity index (χ4n) is 2.89. The maximum atomic E-state index is 6.14. The van der Waals surface area contributed by atoms with Gasteiger partial charge in [-0.2, -0.15) is 0 Å². The van der Waals surface area contributed by atoms with Gasteiger partial charge in [0.2, 0.25) is 0 Å². The average Bonchev–Trinajstić information content (AvgIpc) is 2.40. The minimum Gasteiger partial charge on any atom is -0.329 e. The molecule has 1 atom stereocenters. The van der Waals surface area contributed by atoms with Crippen LogP contribution in [0.15, 0.2) is 24.3 Å². The van der Waals surface area contributed by atoms with Crippen LogP contribution in [0, 0.1) is 5.92 Å². The molecule has 1 aromatic rings. The van der Waals surface area contributed by atoms with Crippen LogP contribution >= 0.6 is 11.6 Å². The second-order valence-corrected chi connectivity index (χ2v) is 6.30. The first kappa shape index (κ1) is 17.5. The highest BCUT2D eigenvalue weighted by molar-refractivity contribution is 6.30. The fourth-order valence-corrected chi connectivity index (χ4v) is 3.09. The molecule has 0 aromatic heterocycles. The van der Waals surface area contributed by atoms with Crippen molar-refractivity contribution in [1.82, 2.24) is 4.90 Å². The Hall–Kier alpha value is -0.570. The second-order valence-electron chi connectivity index (χ2n) is 5.87. The molecule has 0 bridgehead atoms. The van der Waals surface area contributed by atoms with Crippen molar-refractivity contribution in [1.29, 1.82) is 0 Å². The molecule has 0 spiro atoms. The van der Waals surface area contributed by atoms with E-state index in [-0.39, 0.29) is 6.04 Å². The summed E-state index contributed by atoms with van der Waals surface area (Å²) >= 11 is 6.14. The van der Waals surface area contributed by atoms with Crippen LogP contribution in [0.5, 0.6) is 0 Å². The Morgan fingerprint density at radius 3 is 2.30 bits per heavy atom. The summed E-state index contributed by atoms with van der Waals surface area (Å²) in [6, 6.07) is 8.95. The van der Waals surface area contributed by atoms with Crippen molar-refractivity contribution in [2.24, 2.45) is 11.7 Å². The van der Waals surface area contributed by atoms with Crippen molar-refractivity contribution in [2.75, 3.05) is 13.1 Å². The monoisotopic (exact) mass is 296 g/mol. The van der Waals surface area contributed by atoms with Crippen LogP contribution in [0.3, 0.4) is 0 Å². The highest BCUT2D eigenvalue weighted by atomic mass is 35.5. The molecular weight excluding hydrogens is 268 g/mol. The molecule has 2 N–H and O–H groups in total. The van der Waals surface area contributed by atoms with E-state index in [1.54, 1.807) is 0 Å². The molecule has 20 heavy (non-hydrogen) atoms. The third kappa shape index (κ3) is 4.76.